The van der Waals surface area contributed by atoms with Gasteiger partial charge in [0.1, 0.15) is 17.6 Å². The van der Waals surface area contributed by atoms with Crippen molar-refractivity contribution in [2.75, 3.05) is 13.2 Å². The Labute approximate surface area is 189 Å². The van der Waals surface area contributed by atoms with E-state index in [1.807, 2.05) is 13.8 Å². The zero-order valence-corrected chi connectivity index (χ0v) is 19.3. The first kappa shape index (κ1) is 24.2. The number of amides is 2. The molecule has 5 nitrogen and oxygen atoms in total. The lowest BCUT2D eigenvalue weighted by Crippen LogP contribution is -2.50. The highest BCUT2D eigenvalue weighted by Crippen LogP contribution is 2.27. The molecule has 0 aliphatic rings. The van der Waals surface area contributed by atoms with Gasteiger partial charge in [-0.25, -0.2) is 4.39 Å². The summed E-state index contributed by atoms with van der Waals surface area (Å²) in [5.41, 5.74) is 0.716. The third kappa shape index (κ3) is 6.99. The Morgan fingerprint density at radius 1 is 1.20 bits per heavy atom. The molecule has 0 bridgehead atoms. The molecule has 0 aromatic heterocycles. The van der Waals surface area contributed by atoms with Crippen molar-refractivity contribution >= 4 is 39.3 Å². The van der Waals surface area contributed by atoms with Gasteiger partial charge in [-0.2, -0.15) is 0 Å². The largest absolute Gasteiger partial charge is 0.482 e. The van der Waals surface area contributed by atoms with Crippen LogP contribution in [-0.4, -0.2) is 35.9 Å². The van der Waals surface area contributed by atoms with E-state index >= 15 is 0 Å². The highest BCUT2D eigenvalue weighted by molar-refractivity contribution is 9.10. The van der Waals surface area contributed by atoms with E-state index in [9.17, 15) is 14.0 Å². The number of hydrogen-bond acceptors (Lipinski definition) is 3. The molecule has 162 valence electrons. The number of benzene rings is 2. The molecular weight excluding hydrogens is 475 g/mol. The molecule has 0 aliphatic carbocycles. The van der Waals surface area contributed by atoms with E-state index in [0.717, 1.165) is 10.9 Å². The average Bonchev–Trinajstić information content (AvgIpc) is 2.72. The van der Waals surface area contributed by atoms with Crippen molar-refractivity contribution in [1.29, 1.82) is 0 Å². The summed E-state index contributed by atoms with van der Waals surface area (Å²) < 4.78 is 19.7. The Kier molecular flexibility index (Phi) is 9.59. The Morgan fingerprint density at radius 3 is 2.50 bits per heavy atom. The molecule has 30 heavy (non-hydrogen) atoms. The molecule has 2 aromatic rings. The van der Waals surface area contributed by atoms with Gasteiger partial charge in [-0.15, -0.1) is 0 Å². The summed E-state index contributed by atoms with van der Waals surface area (Å²) >= 11 is 9.48. The van der Waals surface area contributed by atoms with Crippen LogP contribution in [0.2, 0.25) is 5.02 Å². The molecule has 0 heterocycles. The molecule has 1 atom stereocenters. The second-order valence-corrected chi connectivity index (χ2v) is 8.05. The van der Waals surface area contributed by atoms with Gasteiger partial charge in [-0.3, -0.25) is 9.59 Å². The van der Waals surface area contributed by atoms with Crippen molar-refractivity contribution in [3.05, 3.63) is 63.3 Å². The number of hydrogen-bond donors (Lipinski definition) is 1. The van der Waals surface area contributed by atoms with Gasteiger partial charge in [-0.1, -0.05) is 53.5 Å². The van der Waals surface area contributed by atoms with Crippen molar-refractivity contribution in [2.45, 2.75) is 39.3 Å². The van der Waals surface area contributed by atoms with Crippen LogP contribution >= 0.6 is 27.5 Å². The first-order valence-electron chi connectivity index (χ1n) is 9.75. The Hall–Kier alpha value is -2.12. The maximum atomic E-state index is 13.3. The van der Waals surface area contributed by atoms with Gasteiger partial charge in [0.15, 0.2) is 6.61 Å². The maximum Gasteiger partial charge on any atom is 0.261 e. The number of nitrogens with one attached hydrogen (secondary N) is 1. The minimum atomic E-state index is -0.668. The Balaban J connectivity index is 2.20. The van der Waals surface area contributed by atoms with Crippen LogP contribution in [0.3, 0.4) is 0 Å². The second kappa shape index (κ2) is 11.9. The van der Waals surface area contributed by atoms with Gasteiger partial charge in [0.25, 0.3) is 5.91 Å². The van der Waals surface area contributed by atoms with Crippen molar-refractivity contribution in [3.63, 3.8) is 0 Å². The highest BCUT2D eigenvalue weighted by Gasteiger charge is 2.28. The van der Waals surface area contributed by atoms with Crippen LogP contribution in [0.5, 0.6) is 5.75 Å². The van der Waals surface area contributed by atoms with Crippen LogP contribution in [0, 0.1) is 5.82 Å². The number of ether oxygens (including phenoxy) is 1. The number of carbonyl (C=O) groups is 2. The molecule has 2 aromatic carbocycles. The lowest BCUT2D eigenvalue weighted by Gasteiger charge is -2.30. The number of nitrogens with zero attached hydrogens (tertiary/aromatic N) is 1. The van der Waals surface area contributed by atoms with Gasteiger partial charge in [0, 0.05) is 17.6 Å². The lowest BCUT2D eigenvalue weighted by atomic mass is 10.1. The van der Waals surface area contributed by atoms with Crippen LogP contribution in [0.1, 0.15) is 32.3 Å². The van der Waals surface area contributed by atoms with Crippen LogP contribution in [0.15, 0.2) is 46.9 Å². The standard InChI is InChI=1S/C22H25BrClFN2O3/c1-3-11-26-22(29)19(4-2)27(13-15-5-8-17(25)9-6-15)21(28)14-30-20-10-7-16(23)12-18(20)24/h5-10,12,19H,3-4,11,13-14H2,1-2H3,(H,26,29)/t19-/m1/s1. The molecule has 1 N–H and O–H groups in total. The minimum absolute atomic E-state index is 0.161. The molecule has 2 amide bonds. The van der Waals surface area contributed by atoms with E-state index in [-0.39, 0.29) is 30.8 Å². The third-order valence-corrected chi connectivity index (χ3v) is 5.24. The summed E-state index contributed by atoms with van der Waals surface area (Å²) in [5, 5.41) is 3.21. The normalized spacial score (nSPS) is 11.6. The SMILES string of the molecule is CCCNC(=O)[C@@H](CC)N(Cc1ccc(F)cc1)C(=O)COc1ccc(Br)cc1Cl. The van der Waals surface area contributed by atoms with E-state index < -0.39 is 6.04 Å². The third-order valence-electron chi connectivity index (χ3n) is 4.45. The summed E-state index contributed by atoms with van der Waals surface area (Å²) in [5.74, 6) is -0.579. The number of rotatable bonds is 10. The summed E-state index contributed by atoms with van der Waals surface area (Å²) in [6.45, 7) is 4.21. The fourth-order valence-corrected chi connectivity index (χ4v) is 3.61. The Morgan fingerprint density at radius 2 is 1.90 bits per heavy atom. The minimum Gasteiger partial charge on any atom is -0.482 e. The lowest BCUT2D eigenvalue weighted by molar-refractivity contribution is -0.143. The monoisotopic (exact) mass is 498 g/mol. The molecule has 2 rings (SSSR count). The fourth-order valence-electron chi connectivity index (χ4n) is 2.89. The van der Waals surface area contributed by atoms with Gasteiger partial charge in [0.05, 0.1) is 5.02 Å². The number of carbonyl (C=O) groups excluding carboxylic acids is 2. The zero-order valence-electron chi connectivity index (χ0n) is 17.0. The van der Waals surface area contributed by atoms with E-state index in [1.54, 1.807) is 30.3 Å². The average molecular weight is 500 g/mol. The molecule has 8 heteroatoms. The molecule has 0 unspecified atom stereocenters. The van der Waals surface area contributed by atoms with Gasteiger partial charge < -0.3 is 15.0 Å². The van der Waals surface area contributed by atoms with Crippen LogP contribution < -0.4 is 10.1 Å². The maximum absolute atomic E-state index is 13.3. The second-order valence-electron chi connectivity index (χ2n) is 6.73. The highest BCUT2D eigenvalue weighted by atomic mass is 79.9. The number of halogens is 3. The summed E-state index contributed by atoms with van der Waals surface area (Å²) in [4.78, 5) is 27.2. The molecule has 0 saturated carbocycles. The smallest absolute Gasteiger partial charge is 0.261 e. The fraction of sp³-hybridized carbons (Fsp3) is 0.364. The first-order valence-corrected chi connectivity index (χ1v) is 10.9. The molecular formula is C22H25BrClFN2O3. The van der Waals surface area contributed by atoms with Gasteiger partial charge in [-0.05, 0) is 48.7 Å². The van der Waals surface area contributed by atoms with Gasteiger partial charge in [0.2, 0.25) is 5.91 Å². The quantitative estimate of drug-likeness (QED) is 0.503. The van der Waals surface area contributed by atoms with Gasteiger partial charge >= 0.3 is 0 Å². The summed E-state index contributed by atoms with van der Waals surface area (Å²) in [6, 6.07) is 10.3. The van der Waals surface area contributed by atoms with Crippen LogP contribution in [0.4, 0.5) is 4.39 Å². The summed E-state index contributed by atoms with van der Waals surface area (Å²) in [7, 11) is 0. The van der Waals surface area contributed by atoms with Crippen LogP contribution in [-0.2, 0) is 16.1 Å². The molecule has 0 aliphatic heterocycles. The van der Waals surface area contributed by atoms with Crippen molar-refractivity contribution < 1.29 is 18.7 Å². The molecule has 0 saturated heterocycles. The Bertz CT molecular complexity index is 864. The predicted molar refractivity (Wildman–Crippen MR) is 119 cm³/mol. The molecule has 0 fully saturated rings. The van der Waals surface area contributed by atoms with E-state index in [0.29, 0.717) is 29.3 Å². The van der Waals surface area contributed by atoms with Crippen molar-refractivity contribution in [2.24, 2.45) is 0 Å². The van der Waals surface area contributed by atoms with E-state index in [2.05, 4.69) is 21.2 Å². The topological polar surface area (TPSA) is 58.6 Å². The van der Waals surface area contributed by atoms with Crippen molar-refractivity contribution in [3.8, 4) is 5.75 Å². The van der Waals surface area contributed by atoms with Crippen molar-refractivity contribution in [1.82, 2.24) is 10.2 Å². The predicted octanol–water partition coefficient (Wildman–Crippen LogP) is 4.95. The first-order chi connectivity index (χ1) is 14.3. The van der Waals surface area contributed by atoms with E-state index in [1.165, 1.54) is 17.0 Å². The van der Waals surface area contributed by atoms with Crippen LogP contribution in [0.25, 0.3) is 0 Å². The van der Waals surface area contributed by atoms with E-state index in [4.69, 9.17) is 16.3 Å². The molecule has 0 spiro atoms. The summed E-state index contributed by atoms with van der Waals surface area (Å²) in [6.07, 6.45) is 1.22. The zero-order chi connectivity index (χ0) is 22.1. The molecule has 0 radical (unpaired) electrons.